The number of carbonyl (C=O) groups is 2. The number of aryl methyl sites for hydroxylation is 1. The third-order valence-electron chi connectivity index (χ3n) is 3.49. The minimum Gasteiger partial charge on any atom is -0.452 e. The van der Waals surface area contributed by atoms with E-state index in [1.165, 1.54) is 6.20 Å². The second-order valence-corrected chi connectivity index (χ2v) is 5.76. The van der Waals surface area contributed by atoms with Gasteiger partial charge in [-0.2, -0.15) is 0 Å². The van der Waals surface area contributed by atoms with Crippen molar-refractivity contribution in [3.63, 3.8) is 0 Å². The molecule has 0 bridgehead atoms. The summed E-state index contributed by atoms with van der Waals surface area (Å²) in [7, 11) is 0. The van der Waals surface area contributed by atoms with Crippen LogP contribution in [0.25, 0.3) is 11.0 Å². The molecule has 1 N–H and O–H groups in total. The Hall–Kier alpha value is -2.99. The predicted octanol–water partition coefficient (Wildman–Crippen LogP) is 3.39. The first-order valence-corrected chi connectivity index (χ1v) is 7.84. The van der Waals surface area contributed by atoms with Crippen molar-refractivity contribution in [3.05, 3.63) is 64.9 Å². The van der Waals surface area contributed by atoms with E-state index in [9.17, 15) is 9.59 Å². The lowest BCUT2D eigenvalue weighted by Crippen LogP contribution is -2.21. The van der Waals surface area contributed by atoms with Crippen LogP contribution in [-0.4, -0.2) is 28.5 Å². The van der Waals surface area contributed by atoms with Crippen molar-refractivity contribution in [3.8, 4) is 0 Å². The monoisotopic (exact) mass is 355 g/mol. The molecule has 1 heterocycles. The number of rotatable bonds is 4. The average molecular weight is 356 g/mol. The molecule has 3 aromatic rings. The standard InChI is InChI=1S/C18H14ClN3O3/c1-11-2-4-13(9-14(11)19)22-17(23)10-25-18(24)12-3-5-15-16(8-12)21-7-6-20-15/h2-9H,10H2,1H3,(H,22,23). The Morgan fingerprint density at radius 1 is 1.08 bits per heavy atom. The third-order valence-corrected chi connectivity index (χ3v) is 3.90. The van der Waals surface area contributed by atoms with Gasteiger partial charge in [0, 0.05) is 23.1 Å². The van der Waals surface area contributed by atoms with E-state index in [2.05, 4.69) is 15.3 Å². The van der Waals surface area contributed by atoms with E-state index >= 15 is 0 Å². The summed E-state index contributed by atoms with van der Waals surface area (Å²) < 4.78 is 5.03. The van der Waals surface area contributed by atoms with E-state index in [4.69, 9.17) is 16.3 Å². The summed E-state index contributed by atoms with van der Waals surface area (Å²) in [6.45, 7) is 1.46. The molecule has 7 heteroatoms. The summed E-state index contributed by atoms with van der Waals surface area (Å²) in [6.07, 6.45) is 3.11. The van der Waals surface area contributed by atoms with Crippen molar-refractivity contribution >= 4 is 40.2 Å². The number of halogens is 1. The first kappa shape index (κ1) is 16.9. The summed E-state index contributed by atoms with van der Waals surface area (Å²) in [6, 6.07) is 9.98. The second-order valence-electron chi connectivity index (χ2n) is 5.35. The van der Waals surface area contributed by atoms with E-state index in [1.807, 2.05) is 6.92 Å². The molecule has 0 spiro atoms. The summed E-state index contributed by atoms with van der Waals surface area (Å²) >= 11 is 6.00. The number of esters is 1. The van der Waals surface area contributed by atoms with Crippen molar-refractivity contribution in [2.75, 3.05) is 11.9 Å². The van der Waals surface area contributed by atoms with E-state index < -0.39 is 18.5 Å². The largest absolute Gasteiger partial charge is 0.452 e. The molecular weight excluding hydrogens is 342 g/mol. The van der Waals surface area contributed by atoms with Crippen LogP contribution >= 0.6 is 11.6 Å². The molecule has 0 aliphatic rings. The quantitative estimate of drug-likeness (QED) is 0.725. The van der Waals surface area contributed by atoms with Gasteiger partial charge in [0.1, 0.15) is 0 Å². The fourth-order valence-corrected chi connectivity index (χ4v) is 2.35. The number of nitrogens with zero attached hydrogens (tertiary/aromatic N) is 2. The Kier molecular flexibility index (Phi) is 4.90. The van der Waals surface area contributed by atoms with E-state index in [1.54, 1.807) is 42.6 Å². The maximum atomic E-state index is 12.1. The minimum absolute atomic E-state index is 0.305. The smallest absolute Gasteiger partial charge is 0.338 e. The van der Waals surface area contributed by atoms with Crippen molar-refractivity contribution < 1.29 is 14.3 Å². The zero-order valence-corrected chi connectivity index (χ0v) is 14.1. The highest BCUT2D eigenvalue weighted by atomic mass is 35.5. The van der Waals surface area contributed by atoms with Crippen molar-refractivity contribution in [2.45, 2.75) is 6.92 Å². The number of anilines is 1. The molecule has 6 nitrogen and oxygen atoms in total. The molecule has 2 aromatic carbocycles. The van der Waals surface area contributed by atoms with Crippen LogP contribution < -0.4 is 5.32 Å². The molecule has 0 aliphatic heterocycles. The number of fused-ring (bicyclic) bond motifs is 1. The predicted molar refractivity (Wildman–Crippen MR) is 94.6 cm³/mol. The van der Waals surface area contributed by atoms with Crippen LogP contribution in [0.4, 0.5) is 5.69 Å². The molecule has 0 atom stereocenters. The van der Waals surface area contributed by atoms with Crippen molar-refractivity contribution in [1.82, 2.24) is 9.97 Å². The molecule has 0 fully saturated rings. The number of nitrogens with one attached hydrogen (secondary N) is 1. The van der Waals surface area contributed by atoms with Crippen LogP contribution in [0.2, 0.25) is 5.02 Å². The average Bonchev–Trinajstić information content (AvgIpc) is 2.62. The van der Waals surface area contributed by atoms with Crippen LogP contribution in [0, 0.1) is 6.92 Å². The molecule has 1 aromatic heterocycles. The number of amides is 1. The van der Waals surface area contributed by atoms with Crippen LogP contribution in [-0.2, 0) is 9.53 Å². The Bertz CT molecular complexity index is 959. The Morgan fingerprint density at radius 3 is 2.60 bits per heavy atom. The van der Waals surface area contributed by atoms with E-state index in [-0.39, 0.29) is 0 Å². The van der Waals surface area contributed by atoms with Gasteiger partial charge < -0.3 is 10.1 Å². The number of ether oxygens (including phenoxy) is 1. The molecule has 0 saturated heterocycles. The topological polar surface area (TPSA) is 81.2 Å². The van der Waals surface area contributed by atoms with Crippen LogP contribution in [0.5, 0.6) is 0 Å². The SMILES string of the molecule is Cc1ccc(NC(=O)COC(=O)c2ccc3nccnc3c2)cc1Cl. The van der Waals surface area contributed by atoms with Gasteiger partial charge in [0.05, 0.1) is 16.6 Å². The molecule has 0 saturated carbocycles. The lowest BCUT2D eigenvalue weighted by atomic mass is 10.2. The van der Waals surface area contributed by atoms with Gasteiger partial charge in [0.25, 0.3) is 5.91 Å². The Balaban J connectivity index is 1.60. The number of carbonyl (C=O) groups excluding carboxylic acids is 2. The maximum absolute atomic E-state index is 12.1. The first-order chi connectivity index (χ1) is 12.0. The lowest BCUT2D eigenvalue weighted by molar-refractivity contribution is -0.119. The Morgan fingerprint density at radius 2 is 1.84 bits per heavy atom. The van der Waals surface area contributed by atoms with Gasteiger partial charge in [-0.3, -0.25) is 14.8 Å². The van der Waals surface area contributed by atoms with Gasteiger partial charge in [0.15, 0.2) is 6.61 Å². The van der Waals surface area contributed by atoms with Gasteiger partial charge in [-0.25, -0.2) is 4.79 Å². The fraction of sp³-hybridized carbons (Fsp3) is 0.111. The normalized spacial score (nSPS) is 10.5. The van der Waals surface area contributed by atoms with Crippen LogP contribution in [0.1, 0.15) is 15.9 Å². The van der Waals surface area contributed by atoms with E-state index in [0.29, 0.717) is 27.3 Å². The zero-order chi connectivity index (χ0) is 17.8. The molecule has 0 unspecified atom stereocenters. The minimum atomic E-state index is -0.607. The van der Waals surface area contributed by atoms with Gasteiger partial charge >= 0.3 is 5.97 Å². The highest BCUT2D eigenvalue weighted by Crippen LogP contribution is 2.20. The summed E-state index contributed by atoms with van der Waals surface area (Å²) in [4.78, 5) is 32.2. The molecule has 3 rings (SSSR count). The number of hydrogen-bond donors (Lipinski definition) is 1. The molecular formula is C18H14ClN3O3. The molecule has 1 amide bonds. The molecule has 0 aliphatic carbocycles. The summed E-state index contributed by atoms with van der Waals surface area (Å²) in [5.74, 6) is -1.06. The molecule has 0 radical (unpaired) electrons. The van der Waals surface area contributed by atoms with Crippen molar-refractivity contribution in [1.29, 1.82) is 0 Å². The first-order valence-electron chi connectivity index (χ1n) is 7.47. The van der Waals surface area contributed by atoms with Gasteiger partial charge in [-0.15, -0.1) is 0 Å². The van der Waals surface area contributed by atoms with E-state index in [0.717, 1.165) is 5.56 Å². The lowest BCUT2D eigenvalue weighted by Gasteiger charge is -2.08. The van der Waals surface area contributed by atoms with Crippen molar-refractivity contribution in [2.24, 2.45) is 0 Å². The third kappa shape index (κ3) is 4.10. The summed E-state index contributed by atoms with van der Waals surface area (Å²) in [5, 5.41) is 3.17. The summed E-state index contributed by atoms with van der Waals surface area (Å²) in [5.41, 5.74) is 3.01. The van der Waals surface area contributed by atoms with Crippen LogP contribution in [0.15, 0.2) is 48.8 Å². The second kappa shape index (κ2) is 7.27. The number of aromatic nitrogens is 2. The maximum Gasteiger partial charge on any atom is 0.338 e. The highest BCUT2D eigenvalue weighted by Gasteiger charge is 2.12. The zero-order valence-electron chi connectivity index (χ0n) is 13.3. The van der Waals surface area contributed by atoms with Gasteiger partial charge in [0.2, 0.25) is 0 Å². The molecule has 25 heavy (non-hydrogen) atoms. The van der Waals surface area contributed by atoms with Gasteiger partial charge in [-0.05, 0) is 42.8 Å². The number of hydrogen-bond acceptors (Lipinski definition) is 5. The van der Waals surface area contributed by atoms with Crippen LogP contribution in [0.3, 0.4) is 0 Å². The highest BCUT2D eigenvalue weighted by molar-refractivity contribution is 6.31. The molecule has 126 valence electrons. The Labute approximate surface area is 148 Å². The fourth-order valence-electron chi connectivity index (χ4n) is 2.17. The van der Waals surface area contributed by atoms with Gasteiger partial charge in [-0.1, -0.05) is 17.7 Å². The number of benzene rings is 2.